The molecule has 5 heteroatoms. The van der Waals surface area contributed by atoms with Crippen LogP contribution < -0.4 is 5.56 Å². The van der Waals surface area contributed by atoms with Gasteiger partial charge in [-0.25, -0.2) is 9.73 Å². The Hall–Kier alpha value is -2.95. The van der Waals surface area contributed by atoms with Crippen molar-refractivity contribution in [1.29, 1.82) is 0 Å². The van der Waals surface area contributed by atoms with Crippen molar-refractivity contribution in [2.45, 2.75) is 6.92 Å². The number of aryl methyl sites for hydroxylation is 1. The van der Waals surface area contributed by atoms with Crippen molar-refractivity contribution in [2.75, 3.05) is 0 Å². The number of hydrogen-bond acceptors (Lipinski definition) is 3. The van der Waals surface area contributed by atoms with Crippen molar-refractivity contribution in [3.8, 4) is 11.3 Å². The number of nitrogens with zero attached hydrogens (tertiary/aromatic N) is 3. The van der Waals surface area contributed by atoms with Crippen molar-refractivity contribution in [2.24, 2.45) is 0 Å². The lowest BCUT2D eigenvalue weighted by atomic mass is 10.1. The molecule has 0 saturated carbocycles. The summed E-state index contributed by atoms with van der Waals surface area (Å²) in [6.07, 6.45) is 0. The highest BCUT2D eigenvalue weighted by Gasteiger charge is 2.13. The Kier molecular flexibility index (Phi) is 2.41. The lowest BCUT2D eigenvalue weighted by molar-refractivity contribution is 0.874. The van der Waals surface area contributed by atoms with E-state index < -0.39 is 0 Å². The van der Waals surface area contributed by atoms with Crippen LogP contribution in [0, 0.1) is 6.92 Å². The number of nitrogens with one attached hydrogen (secondary N) is 1. The maximum Gasteiger partial charge on any atom is 0.281 e. The fourth-order valence-corrected chi connectivity index (χ4v) is 2.57. The molecule has 0 aliphatic heterocycles. The SMILES string of the molecule is Cc1cccc(-c2n[nH]n3c2nc(=O)c2ccccc23)c1. The van der Waals surface area contributed by atoms with Crippen molar-refractivity contribution < 1.29 is 0 Å². The molecule has 0 unspecified atom stereocenters. The van der Waals surface area contributed by atoms with Crippen molar-refractivity contribution in [3.63, 3.8) is 0 Å². The predicted molar refractivity (Wildman–Crippen MR) is 81.3 cm³/mol. The standard InChI is InChI=1S/C16H12N4O/c1-10-5-4-6-11(9-10)14-15-17-16(21)12-7-2-3-8-13(12)20(15)19-18-14/h2-9,19H,1H3. The number of aromatic nitrogens is 4. The smallest absolute Gasteiger partial charge is 0.267 e. The highest BCUT2D eigenvalue weighted by atomic mass is 16.1. The Balaban J connectivity index is 2.12. The molecule has 4 aromatic rings. The zero-order valence-corrected chi connectivity index (χ0v) is 11.4. The molecule has 102 valence electrons. The molecule has 1 N–H and O–H groups in total. The summed E-state index contributed by atoms with van der Waals surface area (Å²) in [5.74, 6) is 0. The summed E-state index contributed by atoms with van der Waals surface area (Å²) in [5.41, 5.74) is 3.85. The van der Waals surface area contributed by atoms with Crippen molar-refractivity contribution in [3.05, 3.63) is 64.4 Å². The first-order valence-corrected chi connectivity index (χ1v) is 6.67. The van der Waals surface area contributed by atoms with Crippen LogP contribution in [0.25, 0.3) is 27.8 Å². The van der Waals surface area contributed by atoms with E-state index in [1.54, 1.807) is 10.6 Å². The minimum absolute atomic E-state index is 0.235. The third kappa shape index (κ3) is 1.74. The summed E-state index contributed by atoms with van der Waals surface area (Å²) in [6.45, 7) is 2.02. The molecule has 2 aromatic heterocycles. The van der Waals surface area contributed by atoms with Gasteiger partial charge in [0, 0.05) is 5.56 Å². The average Bonchev–Trinajstić information content (AvgIpc) is 2.91. The second kappa shape index (κ2) is 4.28. The number of hydrogen-bond donors (Lipinski definition) is 1. The Morgan fingerprint density at radius 3 is 2.81 bits per heavy atom. The highest BCUT2D eigenvalue weighted by molar-refractivity contribution is 5.83. The van der Waals surface area contributed by atoms with Gasteiger partial charge < -0.3 is 0 Å². The number of aromatic amines is 1. The van der Waals surface area contributed by atoms with Crippen LogP contribution in [0.4, 0.5) is 0 Å². The van der Waals surface area contributed by atoms with Crippen molar-refractivity contribution in [1.82, 2.24) is 19.8 Å². The van der Waals surface area contributed by atoms with Gasteiger partial charge in [-0.1, -0.05) is 35.9 Å². The minimum Gasteiger partial charge on any atom is -0.267 e. The maximum absolute atomic E-state index is 12.2. The van der Waals surface area contributed by atoms with Crippen LogP contribution in [0.3, 0.4) is 0 Å². The third-order valence-corrected chi connectivity index (χ3v) is 3.56. The average molecular weight is 276 g/mol. The molecule has 2 aromatic carbocycles. The first kappa shape index (κ1) is 11.8. The van der Waals surface area contributed by atoms with Gasteiger partial charge in [0.15, 0.2) is 5.65 Å². The van der Waals surface area contributed by atoms with E-state index >= 15 is 0 Å². The second-order valence-electron chi connectivity index (χ2n) is 5.02. The summed E-state index contributed by atoms with van der Waals surface area (Å²) in [7, 11) is 0. The molecule has 4 rings (SSSR count). The normalized spacial score (nSPS) is 11.3. The van der Waals surface area contributed by atoms with E-state index in [1.807, 2.05) is 49.4 Å². The van der Waals surface area contributed by atoms with E-state index in [1.165, 1.54) is 0 Å². The molecule has 0 spiro atoms. The van der Waals surface area contributed by atoms with Gasteiger partial charge in [-0.3, -0.25) is 4.79 Å². The van der Waals surface area contributed by atoms with Gasteiger partial charge in [0.25, 0.3) is 5.56 Å². The molecule has 0 bridgehead atoms. The molecule has 0 saturated heterocycles. The van der Waals surface area contributed by atoms with Crippen LogP contribution in [-0.2, 0) is 0 Å². The maximum atomic E-state index is 12.2. The minimum atomic E-state index is -0.235. The monoisotopic (exact) mass is 276 g/mol. The fourth-order valence-electron chi connectivity index (χ4n) is 2.57. The van der Waals surface area contributed by atoms with Gasteiger partial charge in [-0.05, 0) is 25.1 Å². The third-order valence-electron chi connectivity index (χ3n) is 3.56. The van der Waals surface area contributed by atoms with Crippen LogP contribution in [0.5, 0.6) is 0 Å². The van der Waals surface area contributed by atoms with Crippen LogP contribution in [0.1, 0.15) is 5.56 Å². The summed E-state index contributed by atoms with van der Waals surface area (Å²) < 4.78 is 1.74. The van der Waals surface area contributed by atoms with Gasteiger partial charge in [-0.15, -0.1) is 0 Å². The topological polar surface area (TPSA) is 63.1 Å². The molecule has 0 aliphatic carbocycles. The Bertz CT molecular complexity index is 1030. The van der Waals surface area contributed by atoms with Crippen molar-refractivity contribution >= 4 is 16.6 Å². The molecule has 5 nitrogen and oxygen atoms in total. The van der Waals surface area contributed by atoms with E-state index in [0.717, 1.165) is 16.6 Å². The Labute approximate surface area is 119 Å². The number of fused-ring (bicyclic) bond motifs is 3. The van der Waals surface area contributed by atoms with Gasteiger partial charge in [0.05, 0.1) is 10.9 Å². The first-order chi connectivity index (χ1) is 10.2. The van der Waals surface area contributed by atoms with E-state index in [4.69, 9.17) is 0 Å². The number of para-hydroxylation sites is 1. The van der Waals surface area contributed by atoms with E-state index in [2.05, 4.69) is 15.3 Å². The molecule has 0 fully saturated rings. The summed E-state index contributed by atoms with van der Waals surface area (Å²) in [4.78, 5) is 16.4. The lowest BCUT2D eigenvalue weighted by Gasteiger charge is -2.01. The molecule has 21 heavy (non-hydrogen) atoms. The molecular weight excluding hydrogens is 264 g/mol. The number of benzene rings is 2. The largest absolute Gasteiger partial charge is 0.281 e. The zero-order chi connectivity index (χ0) is 14.4. The molecule has 0 atom stereocenters. The quantitative estimate of drug-likeness (QED) is 0.581. The van der Waals surface area contributed by atoms with E-state index in [-0.39, 0.29) is 5.56 Å². The van der Waals surface area contributed by atoms with E-state index in [9.17, 15) is 4.79 Å². The van der Waals surface area contributed by atoms with Gasteiger partial charge >= 0.3 is 0 Å². The fraction of sp³-hybridized carbons (Fsp3) is 0.0625. The van der Waals surface area contributed by atoms with Gasteiger partial charge in [0.2, 0.25) is 0 Å². The number of H-pyrrole nitrogens is 1. The van der Waals surface area contributed by atoms with Gasteiger partial charge in [0.1, 0.15) is 5.69 Å². The summed E-state index contributed by atoms with van der Waals surface area (Å²) in [6, 6.07) is 15.3. The zero-order valence-electron chi connectivity index (χ0n) is 11.4. The van der Waals surface area contributed by atoms with Gasteiger partial charge in [-0.2, -0.15) is 10.1 Å². The predicted octanol–water partition coefficient (Wildman–Crippen LogP) is 2.55. The molecule has 0 aliphatic rings. The molecule has 2 heterocycles. The van der Waals surface area contributed by atoms with Crippen LogP contribution >= 0.6 is 0 Å². The second-order valence-corrected chi connectivity index (χ2v) is 5.02. The van der Waals surface area contributed by atoms with Crippen LogP contribution in [0.2, 0.25) is 0 Å². The molecule has 0 radical (unpaired) electrons. The molecular formula is C16H12N4O. The van der Waals surface area contributed by atoms with Crippen LogP contribution in [-0.4, -0.2) is 19.8 Å². The van der Waals surface area contributed by atoms with E-state index in [0.29, 0.717) is 16.7 Å². The Morgan fingerprint density at radius 2 is 1.95 bits per heavy atom. The van der Waals surface area contributed by atoms with Crippen LogP contribution in [0.15, 0.2) is 53.3 Å². The summed E-state index contributed by atoms with van der Waals surface area (Å²) in [5, 5.41) is 7.85. The highest BCUT2D eigenvalue weighted by Crippen LogP contribution is 2.22. The molecule has 0 amide bonds. The number of rotatable bonds is 1. The summed E-state index contributed by atoms with van der Waals surface area (Å²) >= 11 is 0. The lowest BCUT2D eigenvalue weighted by Crippen LogP contribution is -2.10. The Morgan fingerprint density at radius 1 is 1.10 bits per heavy atom. The first-order valence-electron chi connectivity index (χ1n) is 6.67.